The van der Waals surface area contributed by atoms with Crippen LogP contribution < -0.4 is 16.4 Å². The molecule has 1 aliphatic heterocycles. The van der Waals surface area contributed by atoms with Gasteiger partial charge >= 0.3 is 6.18 Å². The van der Waals surface area contributed by atoms with E-state index in [0.717, 1.165) is 17.0 Å². The van der Waals surface area contributed by atoms with Gasteiger partial charge in [-0.15, -0.1) is 11.3 Å². The van der Waals surface area contributed by atoms with Gasteiger partial charge in [0.1, 0.15) is 11.0 Å². The number of halogens is 3. The highest BCUT2D eigenvalue weighted by Gasteiger charge is 2.32. The lowest BCUT2D eigenvalue weighted by atomic mass is 10.1. The Balaban J connectivity index is 1.90. The van der Waals surface area contributed by atoms with Gasteiger partial charge in [0.2, 0.25) is 0 Å². The molecule has 0 radical (unpaired) electrons. The maximum atomic E-state index is 12.6. The molecule has 1 aliphatic rings. The Morgan fingerprint density at radius 3 is 2.52 bits per heavy atom. The van der Waals surface area contributed by atoms with E-state index in [2.05, 4.69) is 27.4 Å². The second kappa shape index (κ2) is 5.90. The molecular formula is C14H12F3N5S. The highest BCUT2D eigenvalue weighted by molar-refractivity contribution is 7.15. The Morgan fingerprint density at radius 1 is 1.22 bits per heavy atom. The summed E-state index contributed by atoms with van der Waals surface area (Å²) in [6, 6.07) is 6.22. The molecule has 0 amide bonds. The predicted octanol–water partition coefficient (Wildman–Crippen LogP) is 2.68. The first-order valence-electron chi connectivity index (χ1n) is 6.71. The molecular weight excluding hydrogens is 327 g/mol. The summed E-state index contributed by atoms with van der Waals surface area (Å²) in [7, 11) is 0. The topological polar surface area (TPSA) is 72.8 Å². The van der Waals surface area contributed by atoms with Gasteiger partial charge in [-0.1, -0.05) is 12.1 Å². The normalized spacial score (nSPS) is 21.3. The molecule has 1 aromatic carbocycles. The fourth-order valence-corrected chi connectivity index (χ4v) is 3.28. The summed E-state index contributed by atoms with van der Waals surface area (Å²) in [4.78, 5) is 5.40. The minimum atomic E-state index is -4.35. The standard InChI is InChI=1S/C14H12F3N5S/c1-7-11(12-10(6-18)20-22-21-12)19-13(23-7)8-2-4-9(5-3-8)14(15,16)17/h2-5,10,12,20-22H,1H3. The van der Waals surface area contributed by atoms with E-state index < -0.39 is 17.8 Å². The van der Waals surface area contributed by atoms with Crippen LogP contribution in [0.25, 0.3) is 10.6 Å². The largest absolute Gasteiger partial charge is 0.416 e. The van der Waals surface area contributed by atoms with Crippen LogP contribution in [0.4, 0.5) is 13.2 Å². The molecule has 120 valence electrons. The Kier molecular flexibility index (Phi) is 4.08. The Morgan fingerprint density at radius 2 is 1.91 bits per heavy atom. The van der Waals surface area contributed by atoms with Crippen molar-refractivity contribution < 1.29 is 13.2 Å². The van der Waals surface area contributed by atoms with Crippen LogP contribution in [0.3, 0.4) is 0 Å². The number of rotatable bonds is 2. The highest BCUT2D eigenvalue weighted by Crippen LogP contribution is 2.34. The number of nitrogens with one attached hydrogen (secondary N) is 3. The van der Waals surface area contributed by atoms with E-state index in [4.69, 9.17) is 5.26 Å². The average Bonchev–Trinajstić information content (AvgIpc) is 3.12. The molecule has 3 rings (SSSR count). The van der Waals surface area contributed by atoms with E-state index in [1.54, 1.807) is 0 Å². The van der Waals surface area contributed by atoms with Crippen LogP contribution in [-0.4, -0.2) is 11.0 Å². The van der Waals surface area contributed by atoms with E-state index >= 15 is 0 Å². The average molecular weight is 339 g/mol. The van der Waals surface area contributed by atoms with Gasteiger partial charge in [0.15, 0.2) is 0 Å². The molecule has 0 spiro atoms. The van der Waals surface area contributed by atoms with Crippen molar-refractivity contribution in [1.29, 1.82) is 5.26 Å². The summed E-state index contributed by atoms with van der Waals surface area (Å²) in [5.74, 6) is 0. The van der Waals surface area contributed by atoms with Crippen molar-refractivity contribution in [2.75, 3.05) is 0 Å². The van der Waals surface area contributed by atoms with Gasteiger partial charge in [0, 0.05) is 10.4 Å². The summed E-state index contributed by atoms with van der Waals surface area (Å²) in [5.41, 5.74) is 9.01. The third-order valence-corrected chi connectivity index (χ3v) is 4.55. The van der Waals surface area contributed by atoms with Gasteiger partial charge < -0.3 is 0 Å². The zero-order chi connectivity index (χ0) is 16.6. The number of hydrazine groups is 2. The van der Waals surface area contributed by atoms with Crippen molar-refractivity contribution >= 4 is 11.3 Å². The van der Waals surface area contributed by atoms with Crippen molar-refractivity contribution in [2.45, 2.75) is 25.2 Å². The van der Waals surface area contributed by atoms with Gasteiger partial charge in [-0.2, -0.15) is 24.0 Å². The summed E-state index contributed by atoms with van der Waals surface area (Å²) < 4.78 is 37.8. The first-order chi connectivity index (χ1) is 10.9. The maximum Gasteiger partial charge on any atom is 0.416 e. The second-order valence-corrected chi connectivity index (χ2v) is 6.24. The molecule has 3 N–H and O–H groups in total. The molecule has 9 heteroatoms. The van der Waals surface area contributed by atoms with Crippen molar-refractivity contribution in [3.05, 3.63) is 40.4 Å². The number of thiazole rings is 1. The van der Waals surface area contributed by atoms with Crippen molar-refractivity contribution in [1.82, 2.24) is 21.4 Å². The summed E-state index contributed by atoms with van der Waals surface area (Å²) in [6.07, 6.45) is -4.35. The van der Waals surface area contributed by atoms with E-state index in [9.17, 15) is 13.2 Å². The van der Waals surface area contributed by atoms with E-state index in [1.807, 2.05) is 6.92 Å². The Hall–Kier alpha value is -1.99. The van der Waals surface area contributed by atoms with Crippen molar-refractivity contribution in [2.24, 2.45) is 0 Å². The van der Waals surface area contributed by atoms with E-state index in [1.165, 1.54) is 23.5 Å². The number of hydrogen-bond acceptors (Lipinski definition) is 6. The molecule has 1 fully saturated rings. The lowest BCUT2D eigenvalue weighted by Crippen LogP contribution is -2.32. The molecule has 2 atom stereocenters. The van der Waals surface area contributed by atoms with Crippen LogP contribution in [0.2, 0.25) is 0 Å². The van der Waals surface area contributed by atoms with Crippen LogP contribution in [0, 0.1) is 18.3 Å². The van der Waals surface area contributed by atoms with Crippen LogP contribution in [0.5, 0.6) is 0 Å². The molecule has 0 aliphatic carbocycles. The quantitative estimate of drug-likeness (QED) is 0.785. The van der Waals surface area contributed by atoms with Gasteiger partial charge in [0.25, 0.3) is 0 Å². The predicted molar refractivity (Wildman–Crippen MR) is 78.8 cm³/mol. The third kappa shape index (κ3) is 3.07. The minimum Gasteiger partial charge on any atom is -0.239 e. The third-order valence-electron chi connectivity index (χ3n) is 3.51. The van der Waals surface area contributed by atoms with Crippen molar-refractivity contribution in [3.8, 4) is 16.6 Å². The molecule has 1 saturated heterocycles. The summed E-state index contributed by atoms with van der Waals surface area (Å²) in [5, 5.41) is 9.72. The fraction of sp³-hybridized carbons (Fsp3) is 0.286. The first kappa shape index (κ1) is 15.9. The maximum absolute atomic E-state index is 12.6. The number of aryl methyl sites for hydroxylation is 1. The minimum absolute atomic E-state index is 0.320. The summed E-state index contributed by atoms with van der Waals surface area (Å²) in [6.45, 7) is 1.87. The number of aromatic nitrogens is 1. The number of nitriles is 1. The van der Waals surface area contributed by atoms with Crippen LogP contribution in [-0.2, 0) is 6.18 Å². The van der Waals surface area contributed by atoms with Crippen LogP contribution >= 0.6 is 11.3 Å². The Labute approximate surface area is 134 Å². The van der Waals surface area contributed by atoms with Gasteiger partial charge in [-0.3, -0.25) is 0 Å². The van der Waals surface area contributed by atoms with Crippen LogP contribution in [0.15, 0.2) is 24.3 Å². The molecule has 2 unspecified atom stereocenters. The number of alkyl halides is 3. The fourth-order valence-electron chi connectivity index (χ4n) is 2.32. The summed E-state index contributed by atoms with van der Waals surface area (Å²) >= 11 is 1.38. The zero-order valence-corrected chi connectivity index (χ0v) is 12.7. The lowest BCUT2D eigenvalue weighted by molar-refractivity contribution is -0.137. The van der Waals surface area contributed by atoms with Crippen LogP contribution in [0.1, 0.15) is 22.2 Å². The van der Waals surface area contributed by atoms with Gasteiger partial charge in [-0.25, -0.2) is 15.8 Å². The molecule has 2 aromatic rings. The molecule has 0 saturated carbocycles. The molecule has 5 nitrogen and oxygen atoms in total. The van der Waals surface area contributed by atoms with Crippen molar-refractivity contribution in [3.63, 3.8) is 0 Å². The Bertz CT molecular complexity index is 747. The lowest BCUT2D eigenvalue weighted by Gasteiger charge is -2.09. The SMILES string of the molecule is Cc1sc(-c2ccc(C(F)(F)F)cc2)nc1C1NNNC1C#N. The van der Waals surface area contributed by atoms with Gasteiger partial charge in [-0.05, 0) is 19.1 Å². The molecule has 2 heterocycles. The zero-order valence-electron chi connectivity index (χ0n) is 11.9. The number of benzene rings is 1. The molecule has 0 bridgehead atoms. The van der Waals surface area contributed by atoms with Gasteiger partial charge in [0.05, 0.1) is 23.4 Å². The first-order valence-corrected chi connectivity index (χ1v) is 7.52. The van der Waals surface area contributed by atoms with E-state index in [0.29, 0.717) is 16.3 Å². The monoisotopic (exact) mass is 339 g/mol. The molecule has 23 heavy (non-hydrogen) atoms. The van der Waals surface area contributed by atoms with E-state index in [-0.39, 0.29) is 6.04 Å². The number of hydrogen-bond donors (Lipinski definition) is 3. The smallest absolute Gasteiger partial charge is 0.239 e. The molecule has 1 aromatic heterocycles. The highest BCUT2D eigenvalue weighted by atomic mass is 32.1. The second-order valence-electron chi connectivity index (χ2n) is 5.03. The number of nitrogens with zero attached hydrogens (tertiary/aromatic N) is 2.